The van der Waals surface area contributed by atoms with Gasteiger partial charge in [0.25, 0.3) is 5.91 Å². The van der Waals surface area contributed by atoms with Crippen LogP contribution in [-0.4, -0.2) is 47.4 Å². The number of aromatic nitrogens is 2. The summed E-state index contributed by atoms with van der Waals surface area (Å²) in [6.45, 7) is 6.64. The van der Waals surface area contributed by atoms with Crippen LogP contribution in [0.4, 0.5) is 5.82 Å². The first-order chi connectivity index (χ1) is 13.6. The average molecular weight is 378 g/mol. The molecule has 0 aliphatic carbocycles. The Hall–Kier alpha value is -2.47. The molecule has 1 amide bonds. The molecule has 1 N–H and O–H groups in total. The SMILES string of the molecule is Cc1cnnc(N2C[C@@H]3[C@H](CNC(=O)c4ccccc4)[C@H]4CC[C@]3(C2)O4)c1C. The van der Waals surface area contributed by atoms with E-state index in [1.54, 1.807) is 0 Å². The summed E-state index contributed by atoms with van der Waals surface area (Å²) in [5.74, 6) is 1.74. The number of fused-ring (bicyclic) bond motifs is 1. The van der Waals surface area contributed by atoms with Gasteiger partial charge in [-0.25, -0.2) is 0 Å². The number of benzene rings is 1. The van der Waals surface area contributed by atoms with Crippen LogP contribution in [-0.2, 0) is 4.74 Å². The molecule has 1 aromatic carbocycles. The highest BCUT2D eigenvalue weighted by Crippen LogP contribution is 2.55. The van der Waals surface area contributed by atoms with E-state index in [1.807, 2.05) is 36.5 Å². The summed E-state index contributed by atoms with van der Waals surface area (Å²) in [6.07, 6.45) is 4.25. The molecule has 0 radical (unpaired) electrons. The molecule has 1 aromatic heterocycles. The highest BCUT2D eigenvalue weighted by Gasteiger charge is 2.63. The molecule has 3 aliphatic heterocycles. The predicted molar refractivity (Wildman–Crippen MR) is 106 cm³/mol. The standard InChI is InChI=1S/C22H26N4O2/c1-14-10-24-25-20(15(14)2)26-12-18-17(19-8-9-22(18,13-26)28-19)11-23-21(27)16-6-4-3-5-7-16/h3-7,10,17-19H,8-9,11-13H2,1-2H3,(H,23,27)/t17-,18+,19+,22+/m0/s1. The fourth-order valence-corrected chi connectivity index (χ4v) is 5.35. The van der Waals surface area contributed by atoms with Gasteiger partial charge in [-0.1, -0.05) is 18.2 Å². The molecule has 0 unspecified atom stereocenters. The Morgan fingerprint density at radius 2 is 2.14 bits per heavy atom. The molecule has 3 saturated heterocycles. The third kappa shape index (κ3) is 2.70. The second-order valence-corrected chi connectivity index (χ2v) is 8.46. The smallest absolute Gasteiger partial charge is 0.251 e. The molecule has 28 heavy (non-hydrogen) atoms. The van der Waals surface area contributed by atoms with Crippen molar-refractivity contribution in [2.24, 2.45) is 11.8 Å². The summed E-state index contributed by atoms with van der Waals surface area (Å²) in [5.41, 5.74) is 2.97. The molecule has 2 aromatic rings. The van der Waals surface area contributed by atoms with Gasteiger partial charge in [-0.2, -0.15) is 5.10 Å². The number of nitrogens with zero attached hydrogens (tertiary/aromatic N) is 3. The van der Waals surface area contributed by atoms with Crippen LogP contribution in [0.25, 0.3) is 0 Å². The van der Waals surface area contributed by atoms with Gasteiger partial charge in [0.1, 0.15) is 0 Å². The van der Waals surface area contributed by atoms with Crippen molar-refractivity contribution in [3.63, 3.8) is 0 Å². The molecule has 3 fully saturated rings. The molecule has 3 aliphatic rings. The Morgan fingerprint density at radius 1 is 1.32 bits per heavy atom. The second-order valence-electron chi connectivity index (χ2n) is 8.46. The van der Waals surface area contributed by atoms with E-state index in [-0.39, 0.29) is 17.6 Å². The van der Waals surface area contributed by atoms with Gasteiger partial charge in [-0.15, -0.1) is 5.10 Å². The van der Waals surface area contributed by atoms with E-state index in [0.717, 1.165) is 37.3 Å². The van der Waals surface area contributed by atoms with Crippen LogP contribution >= 0.6 is 0 Å². The molecule has 2 bridgehead atoms. The maximum absolute atomic E-state index is 12.5. The van der Waals surface area contributed by atoms with Crippen molar-refractivity contribution in [2.75, 3.05) is 24.5 Å². The number of rotatable bonds is 4. The minimum atomic E-state index is -0.0926. The van der Waals surface area contributed by atoms with E-state index in [0.29, 0.717) is 23.9 Å². The summed E-state index contributed by atoms with van der Waals surface area (Å²) in [6, 6.07) is 9.41. The summed E-state index contributed by atoms with van der Waals surface area (Å²) in [5, 5.41) is 11.7. The zero-order valence-corrected chi connectivity index (χ0v) is 16.4. The van der Waals surface area contributed by atoms with Crippen LogP contribution in [0.2, 0.25) is 0 Å². The van der Waals surface area contributed by atoms with E-state index in [2.05, 4.69) is 34.3 Å². The van der Waals surface area contributed by atoms with Gasteiger partial charge >= 0.3 is 0 Å². The largest absolute Gasteiger partial charge is 0.369 e. The molecular formula is C22H26N4O2. The Kier molecular flexibility index (Phi) is 4.12. The third-order valence-electron chi connectivity index (χ3n) is 6.95. The van der Waals surface area contributed by atoms with Crippen LogP contribution < -0.4 is 10.2 Å². The molecule has 4 atom stereocenters. The van der Waals surface area contributed by atoms with Gasteiger partial charge in [-0.3, -0.25) is 4.79 Å². The number of carbonyl (C=O) groups is 1. The third-order valence-corrected chi connectivity index (χ3v) is 6.95. The summed E-state index contributed by atoms with van der Waals surface area (Å²) in [4.78, 5) is 14.8. The number of ether oxygens (including phenoxy) is 1. The monoisotopic (exact) mass is 378 g/mol. The fraction of sp³-hybridized carbons (Fsp3) is 0.500. The highest BCUT2D eigenvalue weighted by molar-refractivity contribution is 5.94. The van der Waals surface area contributed by atoms with E-state index in [1.165, 1.54) is 5.56 Å². The van der Waals surface area contributed by atoms with Crippen molar-refractivity contribution in [2.45, 2.75) is 38.4 Å². The van der Waals surface area contributed by atoms with Gasteiger partial charge in [0, 0.05) is 37.0 Å². The average Bonchev–Trinajstić information content (AvgIpc) is 3.37. The van der Waals surface area contributed by atoms with E-state index in [4.69, 9.17) is 4.74 Å². The summed E-state index contributed by atoms with van der Waals surface area (Å²) in [7, 11) is 0. The van der Waals surface area contributed by atoms with Crippen LogP contribution in [0.1, 0.15) is 34.3 Å². The van der Waals surface area contributed by atoms with Crippen molar-refractivity contribution in [1.29, 1.82) is 0 Å². The number of nitrogens with one attached hydrogen (secondary N) is 1. The Balaban J connectivity index is 1.32. The van der Waals surface area contributed by atoms with Gasteiger partial charge in [-0.05, 0) is 49.9 Å². The van der Waals surface area contributed by atoms with Crippen LogP contribution in [0.5, 0.6) is 0 Å². The zero-order valence-electron chi connectivity index (χ0n) is 16.4. The Bertz CT molecular complexity index is 903. The van der Waals surface area contributed by atoms with Crippen molar-refractivity contribution in [1.82, 2.24) is 15.5 Å². The highest BCUT2D eigenvalue weighted by atomic mass is 16.5. The number of carbonyl (C=O) groups excluding carboxylic acids is 1. The Morgan fingerprint density at radius 3 is 2.96 bits per heavy atom. The number of anilines is 1. The minimum Gasteiger partial charge on any atom is -0.369 e. The first kappa shape index (κ1) is 17.6. The quantitative estimate of drug-likeness (QED) is 0.885. The fourth-order valence-electron chi connectivity index (χ4n) is 5.35. The molecular weight excluding hydrogens is 352 g/mol. The van der Waals surface area contributed by atoms with Gasteiger partial charge in [0.2, 0.25) is 0 Å². The molecule has 146 valence electrons. The molecule has 6 nitrogen and oxygen atoms in total. The Labute approximate surface area is 165 Å². The first-order valence-electron chi connectivity index (χ1n) is 10.1. The van der Waals surface area contributed by atoms with Crippen LogP contribution in [0.15, 0.2) is 36.5 Å². The number of aryl methyl sites for hydroxylation is 1. The predicted octanol–water partition coefficient (Wildman–Crippen LogP) is 2.51. The van der Waals surface area contributed by atoms with Gasteiger partial charge in [0.15, 0.2) is 5.82 Å². The molecule has 5 rings (SSSR count). The van der Waals surface area contributed by atoms with Gasteiger partial charge < -0.3 is 15.0 Å². The van der Waals surface area contributed by atoms with Crippen LogP contribution in [0.3, 0.4) is 0 Å². The van der Waals surface area contributed by atoms with Gasteiger partial charge in [0.05, 0.1) is 17.9 Å². The zero-order chi connectivity index (χ0) is 19.3. The lowest BCUT2D eigenvalue weighted by Crippen LogP contribution is -2.41. The summed E-state index contributed by atoms with van der Waals surface area (Å²) >= 11 is 0. The lowest BCUT2D eigenvalue weighted by Gasteiger charge is -2.29. The maximum atomic E-state index is 12.5. The van der Waals surface area contributed by atoms with E-state index in [9.17, 15) is 4.79 Å². The molecule has 6 heteroatoms. The van der Waals surface area contributed by atoms with E-state index < -0.39 is 0 Å². The molecule has 0 saturated carbocycles. The molecule has 4 heterocycles. The maximum Gasteiger partial charge on any atom is 0.251 e. The number of amides is 1. The van der Waals surface area contributed by atoms with Crippen LogP contribution in [0, 0.1) is 25.7 Å². The lowest BCUT2D eigenvalue weighted by molar-refractivity contribution is 0.0141. The first-order valence-corrected chi connectivity index (χ1v) is 10.1. The topological polar surface area (TPSA) is 67.4 Å². The van der Waals surface area contributed by atoms with E-state index >= 15 is 0 Å². The number of hydrogen-bond acceptors (Lipinski definition) is 5. The lowest BCUT2D eigenvalue weighted by atomic mass is 9.73. The summed E-state index contributed by atoms with van der Waals surface area (Å²) < 4.78 is 6.52. The molecule has 1 spiro atoms. The van der Waals surface area contributed by atoms with Crippen molar-refractivity contribution in [3.8, 4) is 0 Å². The number of hydrogen-bond donors (Lipinski definition) is 1. The minimum absolute atomic E-state index is 0.00679. The van der Waals surface area contributed by atoms with Crippen molar-refractivity contribution < 1.29 is 9.53 Å². The normalized spacial score (nSPS) is 30.5. The van der Waals surface area contributed by atoms with Crippen molar-refractivity contribution >= 4 is 11.7 Å². The van der Waals surface area contributed by atoms with Crippen molar-refractivity contribution in [3.05, 3.63) is 53.2 Å². The second kappa shape index (κ2) is 6.55.